The maximum absolute atomic E-state index is 13.5. The van der Waals surface area contributed by atoms with Gasteiger partial charge in [0.1, 0.15) is 5.75 Å². The van der Waals surface area contributed by atoms with Crippen LogP contribution >= 0.6 is 11.6 Å². The lowest BCUT2D eigenvalue weighted by Crippen LogP contribution is -2.41. The van der Waals surface area contributed by atoms with Gasteiger partial charge in [-0.25, -0.2) is 0 Å². The molecule has 1 aliphatic rings. The molecular formula is C15H19BClF3O4. The Bertz CT molecular complexity index is 603. The number of rotatable bonds is 4. The molecule has 1 heterocycles. The van der Waals surface area contributed by atoms with Gasteiger partial charge in [0.2, 0.25) is 0 Å². The maximum Gasteiger partial charge on any atom is 0.499 e. The molecule has 0 spiro atoms. The SMILES string of the molecule is COCOc1cc(Cl)cc(C(F)(F)F)c1B1OC(C)(C)C(C)(C)O1. The summed E-state index contributed by atoms with van der Waals surface area (Å²) < 4.78 is 62.1. The van der Waals surface area contributed by atoms with Crippen molar-refractivity contribution in [2.75, 3.05) is 13.9 Å². The van der Waals surface area contributed by atoms with E-state index in [0.717, 1.165) is 6.07 Å². The Morgan fingerprint density at radius 2 is 1.67 bits per heavy atom. The first-order valence-electron chi connectivity index (χ1n) is 7.27. The van der Waals surface area contributed by atoms with E-state index in [0.29, 0.717) is 0 Å². The van der Waals surface area contributed by atoms with Crippen molar-refractivity contribution in [3.8, 4) is 5.75 Å². The summed E-state index contributed by atoms with van der Waals surface area (Å²) in [5, 5.41) is -0.103. The van der Waals surface area contributed by atoms with Gasteiger partial charge in [0, 0.05) is 17.6 Å². The normalized spacial score (nSPS) is 19.6. The minimum Gasteiger partial charge on any atom is -0.468 e. The average Bonchev–Trinajstić information content (AvgIpc) is 2.63. The molecule has 1 fully saturated rings. The van der Waals surface area contributed by atoms with Crippen molar-refractivity contribution in [1.82, 2.24) is 0 Å². The Morgan fingerprint density at radius 3 is 2.12 bits per heavy atom. The number of hydrogen-bond donors (Lipinski definition) is 0. The number of ether oxygens (including phenoxy) is 2. The highest BCUT2D eigenvalue weighted by Gasteiger charge is 2.54. The standard InChI is InChI=1S/C15H19BClF3O4/c1-13(2)14(3,4)24-16(23-13)12-10(15(18,19)20)6-9(17)7-11(12)22-8-21-5/h6-7H,8H2,1-5H3. The van der Waals surface area contributed by atoms with Crippen LogP contribution in [0.2, 0.25) is 5.02 Å². The van der Waals surface area contributed by atoms with Gasteiger partial charge in [0.25, 0.3) is 0 Å². The monoisotopic (exact) mass is 366 g/mol. The predicted octanol–water partition coefficient (Wildman–Crippen LogP) is 3.64. The second-order valence-corrected chi connectivity index (χ2v) is 6.94. The van der Waals surface area contributed by atoms with E-state index in [1.54, 1.807) is 27.7 Å². The first kappa shape index (κ1) is 19.4. The molecule has 0 radical (unpaired) electrons. The Labute approximate surface area is 144 Å². The summed E-state index contributed by atoms with van der Waals surface area (Å²) in [6, 6.07) is 2.12. The minimum atomic E-state index is -4.64. The highest BCUT2D eigenvalue weighted by atomic mass is 35.5. The lowest BCUT2D eigenvalue weighted by Gasteiger charge is -2.32. The second-order valence-electron chi connectivity index (χ2n) is 6.50. The van der Waals surface area contributed by atoms with Crippen LogP contribution < -0.4 is 10.2 Å². The third-order valence-corrected chi connectivity index (χ3v) is 4.45. The molecule has 0 bridgehead atoms. The van der Waals surface area contributed by atoms with E-state index in [9.17, 15) is 13.2 Å². The van der Waals surface area contributed by atoms with E-state index in [1.165, 1.54) is 13.2 Å². The topological polar surface area (TPSA) is 36.9 Å². The van der Waals surface area contributed by atoms with Gasteiger partial charge in [-0.15, -0.1) is 0 Å². The van der Waals surface area contributed by atoms with Gasteiger partial charge in [0.05, 0.1) is 16.8 Å². The van der Waals surface area contributed by atoms with Crippen molar-refractivity contribution in [1.29, 1.82) is 0 Å². The molecule has 0 amide bonds. The van der Waals surface area contributed by atoms with Gasteiger partial charge in [0.15, 0.2) is 6.79 Å². The van der Waals surface area contributed by atoms with Gasteiger partial charge >= 0.3 is 13.3 Å². The van der Waals surface area contributed by atoms with Crippen LogP contribution in [0.25, 0.3) is 0 Å². The number of alkyl halides is 3. The molecule has 1 aromatic carbocycles. The second kappa shape index (κ2) is 6.40. The van der Waals surface area contributed by atoms with Crippen LogP contribution in [0.15, 0.2) is 12.1 Å². The van der Waals surface area contributed by atoms with Crippen LogP contribution in [0.1, 0.15) is 33.3 Å². The van der Waals surface area contributed by atoms with Crippen molar-refractivity contribution in [2.45, 2.75) is 45.1 Å². The Hall–Kier alpha value is -0.955. The van der Waals surface area contributed by atoms with Crippen LogP contribution in [0, 0.1) is 0 Å². The third-order valence-electron chi connectivity index (χ3n) is 4.23. The van der Waals surface area contributed by atoms with Gasteiger partial charge in [-0.1, -0.05) is 11.6 Å². The molecule has 0 N–H and O–H groups in total. The fraction of sp³-hybridized carbons (Fsp3) is 0.600. The zero-order valence-corrected chi connectivity index (χ0v) is 14.8. The zero-order valence-electron chi connectivity index (χ0n) is 14.1. The summed E-state index contributed by atoms with van der Waals surface area (Å²) >= 11 is 5.82. The third kappa shape index (κ3) is 3.66. The quantitative estimate of drug-likeness (QED) is 0.602. The molecule has 134 valence electrons. The minimum absolute atomic E-state index is 0.0878. The maximum atomic E-state index is 13.5. The fourth-order valence-corrected chi connectivity index (χ4v) is 2.48. The van der Waals surface area contributed by atoms with Crippen LogP contribution in [-0.4, -0.2) is 32.2 Å². The average molecular weight is 367 g/mol. The molecule has 0 aromatic heterocycles. The van der Waals surface area contributed by atoms with Crippen molar-refractivity contribution in [2.24, 2.45) is 0 Å². The Balaban J connectivity index is 2.58. The van der Waals surface area contributed by atoms with E-state index < -0.39 is 30.1 Å². The largest absolute Gasteiger partial charge is 0.499 e. The van der Waals surface area contributed by atoms with Crippen molar-refractivity contribution in [3.05, 3.63) is 22.7 Å². The molecule has 24 heavy (non-hydrogen) atoms. The van der Waals surface area contributed by atoms with Gasteiger partial charge in [-0.05, 0) is 39.8 Å². The Kier molecular flexibility index (Phi) is 5.17. The smallest absolute Gasteiger partial charge is 0.468 e. The number of benzene rings is 1. The highest BCUT2D eigenvalue weighted by molar-refractivity contribution is 6.64. The number of methoxy groups -OCH3 is 1. The molecule has 1 aromatic rings. The van der Waals surface area contributed by atoms with E-state index in [-0.39, 0.29) is 23.0 Å². The van der Waals surface area contributed by atoms with E-state index in [2.05, 4.69) is 0 Å². The van der Waals surface area contributed by atoms with E-state index >= 15 is 0 Å². The van der Waals surface area contributed by atoms with E-state index in [4.69, 9.17) is 30.4 Å². The predicted molar refractivity (Wildman–Crippen MR) is 84.7 cm³/mol. The van der Waals surface area contributed by atoms with Gasteiger partial charge in [-0.3, -0.25) is 0 Å². The van der Waals surface area contributed by atoms with Crippen molar-refractivity contribution < 1.29 is 32.0 Å². The molecular weight excluding hydrogens is 347 g/mol. The lowest BCUT2D eigenvalue weighted by atomic mass is 9.75. The number of halogens is 4. The first-order valence-corrected chi connectivity index (χ1v) is 7.65. The molecule has 9 heteroatoms. The molecule has 4 nitrogen and oxygen atoms in total. The summed E-state index contributed by atoms with van der Waals surface area (Å²) in [6.45, 7) is 6.79. The molecule has 0 atom stereocenters. The summed E-state index contributed by atoms with van der Waals surface area (Å²) in [5.41, 5.74) is -2.79. The van der Waals surface area contributed by atoms with Crippen LogP contribution in [-0.2, 0) is 20.2 Å². The van der Waals surface area contributed by atoms with Gasteiger partial charge < -0.3 is 18.8 Å². The zero-order chi connectivity index (χ0) is 18.3. The summed E-state index contributed by atoms with van der Waals surface area (Å²) in [6.07, 6.45) is -4.64. The number of hydrogen-bond acceptors (Lipinski definition) is 4. The molecule has 1 aliphatic heterocycles. The van der Waals surface area contributed by atoms with Crippen LogP contribution in [0.3, 0.4) is 0 Å². The van der Waals surface area contributed by atoms with Gasteiger partial charge in [-0.2, -0.15) is 13.2 Å². The van der Waals surface area contributed by atoms with Crippen LogP contribution in [0.5, 0.6) is 5.75 Å². The summed E-state index contributed by atoms with van der Waals surface area (Å²) in [7, 11) is 0.125. The van der Waals surface area contributed by atoms with Crippen molar-refractivity contribution >= 4 is 24.2 Å². The first-order chi connectivity index (χ1) is 10.9. The van der Waals surface area contributed by atoms with E-state index in [1.807, 2.05) is 0 Å². The summed E-state index contributed by atoms with van der Waals surface area (Å²) in [5.74, 6) is -0.0878. The van der Waals surface area contributed by atoms with Crippen molar-refractivity contribution in [3.63, 3.8) is 0 Å². The fourth-order valence-electron chi connectivity index (χ4n) is 2.27. The molecule has 0 saturated carbocycles. The highest BCUT2D eigenvalue weighted by Crippen LogP contribution is 2.40. The Morgan fingerprint density at radius 1 is 1.12 bits per heavy atom. The lowest BCUT2D eigenvalue weighted by molar-refractivity contribution is -0.137. The molecule has 1 saturated heterocycles. The molecule has 0 unspecified atom stereocenters. The van der Waals surface area contributed by atoms with Crippen LogP contribution in [0.4, 0.5) is 13.2 Å². The molecule has 2 rings (SSSR count). The summed E-state index contributed by atoms with van der Waals surface area (Å²) in [4.78, 5) is 0. The molecule has 0 aliphatic carbocycles.